The number of nitrogens with one attached hydrogen (secondary N) is 1. The van der Waals surface area contributed by atoms with Crippen molar-refractivity contribution in [2.24, 2.45) is 0 Å². The van der Waals surface area contributed by atoms with Crippen LogP contribution in [-0.4, -0.2) is 18.1 Å². The average Bonchev–Trinajstić information content (AvgIpc) is 2.52. The highest BCUT2D eigenvalue weighted by atomic mass is 16.6. The predicted octanol–water partition coefficient (Wildman–Crippen LogP) is 2.96. The van der Waals surface area contributed by atoms with Gasteiger partial charge in [0.2, 0.25) is 0 Å². The number of non-ortho nitro benzene ring substituents is 1. The van der Waals surface area contributed by atoms with E-state index in [0.717, 1.165) is 5.69 Å². The van der Waals surface area contributed by atoms with Gasteiger partial charge in [-0.05, 0) is 30.3 Å². The molecule has 6 nitrogen and oxygen atoms in total. The molecule has 21 heavy (non-hydrogen) atoms. The zero-order valence-electron chi connectivity index (χ0n) is 11.2. The van der Waals surface area contributed by atoms with E-state index in [-0.39, 0.29) is 5.69 Å². The molecule has 0 aromatic heterocycles. The van der Waals surface area contributed by atoms with Gasteiger partial charge in [-0.15, -0.1) is 0 Å². The summed E-state index contributed by atoms with van der Waals surface area (Å²) in [4.78, 5) is 10.1. The molecule has 1 N–H and O–H groups in total. The van der Waals surface area contributed by atoms with Crippen LogP contribution >= 0.6 is 0 Å². The van der Waals surface area contributed by atoms with Gasteiger partial charge < -0.3 is 10.1 Å². The van der Waals surface area contributed by atoms with Crippen LogP contribution in [0.2, 0.25) is 0 Å². The molecule has 106 valence electrons. The summed E-state index contributed by atoms with van der Waals surface area (Å²) in [6.07, 6.45) is 0. The fourth-order valence-corrected chi connectivity index (χ4v) is 1.73. The first-order valence-corrected chi connectivity index (χ1v) is 6.30. The smallest absolute Gasteiger partial charge is 0.269 e. The molecule has 0 aliphatic heterocycles. The van der Waals surface area contributed by atoms with Gasteiger partial charge in [-0.2, -0.15) is 5.26 Å². The van der Waals surface area contributed by atoms with Crippen molar-refractivity contribution in [3.63, 3.8) is 0 Å². The molecule has 0 radical (unpaired) electrons. The number of nitro groups is 1. The van der Waals surface area contributed by atoms with Gasteiger partial charge in [-0.25, -0.2) is 0 Å². The van der Waals surface area contributed by atoms with Gasteiger partial charge in [-0.3, -0.25) is 10.1 Å². The van der Waals surface area contributed by atoms with E-state index in [1.807, 2.05) is 6.07 Å². The fourth-order valence-electron chi connectivity index (χ4n) is 1.73. The third kappa shape index (κ3) is 4.21. The van der Waals surface area contributed by atoms with Crippen molar-refractivity contribution in [3.05, 3.63) is 64.2 Å². The van der Waals surface area contributed by atoms with E-state index in [2.05, 4.69) is 11.4 Å². The average molecular weight is 283 g/mol. The van der Waals surface area contributed by atoms with Gasteiger partial charge in [-0.1, -0.05) is 6.07 Å². The number of hydrogen-bond acceptors (Lipinski definition) is 5. The molecular weight excluding hydrogens is 270 g/mol. The second-order valence-corrected chi connectivity index (χ2v) is 4.22. The van der Waals surface area contributed by atoms with Crippen LogP contribution in [0.15, 0.2) is 48.5 Å². The van der Waals surface area contributed by atoms with Crippen LogP contribution in [0.5, 0.6) is 5.75 Å². The molecule has 0 atom stereocenters. The van der Waals surface area contributed by atoms with E-state index in [1.54, 1.807) is 30.3 Å². The number of ether oxygens (including phenoxy) is 1. The zero-order valence-corrected chi connectivity index (χ0v) is 11.2. The molecule has 0 saturated carbocycles. The van der Waals surface area contributed by atoms with Crippen LogP contribution in [0.3, 0.4) is 0 Å². The van der Waals surface area contributed by atoms with Gasteiger partial charge in [0.25, 0.3) is 5.69 Å². The Morgan fingerprint density at radius 2 is 2.00 bits per heavy atom. The van der Waals surface area contributed by atoms with Crippen molar-refractivity contribution >= 4 is 11.4 Å². The normalized spacial score (nSPS) is 9.67. The molecule has 0 aliphatic rings. The molecule has 6 heteroatoms. The second kappa shape index (κ2) is 6.91. The van der Waals surface area contributed by atoms with Crippen molar-refractivity contribution in [1.82, 2.24) is 0 Å². The van der Waals surface area contributed by atoms with E-state index in [0.29, 0.717) is 24.5 Å². The highest BCUT2D eigenvalue weighted by Crippen LogP contribution is 2.17. The molecule has 0 spiro atoms. The number of nitro benzene ring substituents is 1. The van der Waals surface area contributed by atoms with E-state index in [9.17, 15) is 10.1 Å². The number of nitrogens with zero attached hydrogens (tertiary/aromatic N) is 2. The van der Waals surface area contributed by atoms with Gasteiger partial charge in [0.1, 0.15) is 12.4 Å². The third-order valence-corrected chi connectivity index (χ3v) is 2.74. The third-order valence-electron chi connectivity index (χ3n) is 2.74. The summed E-state index contributed by atoms with van der Waals surface area (Å²) in [5.41, 5.74) is 1.48. The van der Waals surface area contributed by atoms with E-state index >= 15 is 0 Å². The molecular formula is C15H13N3O3. The predicted molar refractivity (Wildman–Crippen MR) is 78.2 cm³/mol. The molecule has 0 amide bonds. The minimum Gasteiger partial charge on any atom is -0.492 e. The van der Waals surface area contributed by atoms with Gasteiger partial charge >= 0.3 is 0 Å². The molecule has 0 heterocycles. The molecule has 2 rings (SSSR count). The maximum Gasteiger partial charge on any atom is 0.269 e. The fraction of sp³-hybridized carbons (Fsp3) is 0.133. The quantitative estimate of drug-likeness (QED) is 0.500. The lowest BCUT2D eigenvalue weighted by atomic mass is 10.2. The minimum absolute atomic E-state index is 0.0359. The Hall–Kier alpha value is -3.07. The lowest BCUT2D eigenvalue weighted by Crippen LogP contribution is -2.11. The standard InChI is InChI=1S/C15H13N3O3/c16-11-12-2-1-3-13(10-12)17-8-9-21-15-6-4-14(5-7-15)18(19)20/h1-7,10,17H,8-9H2. The summed E-state index contributed by atoms with van der Waals surface area (Å²) < 4.78 is 5.47. The summed E-state index contributed by atoms with van der Waals surface area (Å²) in [7, 11) is 0. The molecule has 2 aromatic rings. The van der Waals surface area contributed by atoms with Crippen molar-refractivity contribution in [2.45, 2.75) is 0 Å². The molecule has 0 fully saturated rings. The van der Waals surface area contributed by atoms with Crippen molar-refractivity contribution in [3.8, 4) is 11.8 Å². The van der Waals surface area contributed by atoms with Gasteiger partial charge in [0.05, 0.1) is 16.6 Å². The number of nitriles is 1. The largest absolute Gasteiger partial charge is 0.492 e. The van der Waals surface area contributed by atoms with Crippen molar-refractivity contribution in [1.29, 1.82) is 5.26 Å². The SMILES string of the molecule is N#Cc1cccc(NCCOc2ccc([N+](=O)[O-])cc2)c1. The molecule has 0 aliphatic carbocycles. The minimum atomic E-state index is -0.451. The molecule has 0 bridgehead atoms. The highest BCUT2D eigenvalue weighted by Gasteiger charge is 2.04. The monoisotopic (exact) mass is 283 g/mol. The maximum atomic E-state index is 10.5. The summed E-state index contributed by atoms with van der Waals surface area (Å²) in [6, 6.07) is 15.2. The first kappa shape index (κ1) is 14.3. The number of hydrogen-bond donors (Lipinski definition) is 1. The first-order chi connectivity index (χ1) is 10.2. The maximum absolute atomic E-state index is 10.5. The van der Waals surface area contributed by atoms with Crippen LogP contribution in [0, 0.1) is 21.4 Å². The van der Waals surface area contributed by atoms with Crippen LogP contribution < -0.4 is 10.1 Å². The zero-order chi connectivity index (χ0) is 15.1. The number of rotatable bonds is 6. The number of anilines is 1. The van der Waals surface area contributed by atoms with Crippen LogP contribution in [0.1, 0.15) is 5.56 Å². The van der Waals surface area contributed by atoms with E-state index in [4.69, 9.17) is 10.00 Å². The van der Waals surface area contributed by atoms with E-state index < -0.39 is 4.92 Å². The summed E-state index contributed by atoms with van der Waals surface area (Å²) >= 11 is 0. The van der Waals surface area contributed by atoms with Gasteiger partial charge in [0, 0.05) is 24.4 Å². The Morgan fingerprint density at radius 1 is 1.24 bits per heavy atom. The topological polar surface area (TPSA) is 88.2 Å². The lowest BCUT2D eigenvalue weighted by Gasteiger charge is -2.08. The van der Waals surface area contributed by atoms with Crippen molar-refractivity contribution in [2.75, 3.05) is 18.5 Å². The highest BCUT2D eigenvalue weighted by molar-refractivity contribution is 5.49. The van der Waals surface area contributed by atoms with E-state index in [1.165, 1.54) is 12.1 Å². The van der Waals surface area contributed by atoms with Crippen LogP contribution in [0.4, 0.5) is 11.4 Å². The Labute approximate surface area is 121 Å². The second-order valence-electron chi connectivity index (χ2n) is 4.22. The van der Waals surface area contributed by atoms with Crippen LogP contribution in [-0.2, 0) is 0 Å². The molecule has 2 aromatic carbocycles. The first-order valence-electron chi connectivity index (χ1n) is 6.30. The summed E-state index contributed by atoms with van der Waals surface area (Å²) in [6.45, 7) is 0.973. The van der Waals surface area contributed by atoms with Crippen LogP contribution in [0.25, 0.3) is 0 Å². The summed E-state index contributed by atoms with van der Waals surface area (Å²) in [5.74, 6) is 0.577. The summed E-state index contributed by atoms with van der Waals surface area (Å²) in [5, 5.41) is 22.4. The Balaban J connectivity index is 1.79. The Bertz CT molecular complexity index is 663. The Morgan fingerprint density at radius 3 is 2.67 bits per heavy atom. The lowest BCUT2D eigenvalue weighted by molar-refractivity contribution is -0.384. The molecule has 0 saturated heterocycles. The van der Waals surface area contributed by atoms with Crippen molar-refractivity contribution < 1.29 is 9.66 Å². The van der Waals surface area contributed by atoms with Gasteiger partial charge in [0.15, 0.2) is 0 Å². The Kier molecular flexibility index (Phi) is 4.72. The molecule has 0 unspecified atom stereocenters. The number of benzene rings is 2.